The van der Waals surface area contributed by atoms with Gasteiger partial charge in [0.25, 0.3) is 5.91 Å². The lowest BCUT2D eigenvalue weighted by Gasteiger charge is -2.23. The molecular weight excluding hydrogens is 335 g/mol. The summed E-state index contributed by atoms with van der Waals surface area (Å²) in [7, 11) is 0. The minimum atomic E-state index is 0. The van der Waals surface area contributed by atoms with Gasteiger partial charge in [0.15, 0.2) is 0 Å². The van der Waals surface area contributed by atoms with Crippen molar-refractivity contribution in [2.75, 3.05) is 37.6 Å². The van der Waals surface area contributed by atoms with Gasteiger partial charge >= 0.3 is 0 Å². The Morgan fingerprint density at radius 1 is 1.30 bits per heavy atom. The van der Waals surface area contributed by atoms with Crippen molar-refractivity contribution < 1.29 is 4.79 Å². The van der Waals surface area contributed by atoms with Crippen LogP contribution in [0.15, 0.2) is 18.3 Å². The minimum absolute atomic E-state index is 0. The van der Waals surface area contributed by atoms with Gasteiger partial charge in [-0.15, -0.1) is 24.8 Å². The minimum Gasteiger partial charge on any atom is -0.356 e. The zero-order valence-electron chi connectivity index (χ0n) is 13.3. The maximum absolute atomic E-state index is 12.5. The van der Waals surface area contributed by atoms with Crippen molar-refractivity contribution in [1.29, 1.82) is 0 Å². The molecule has 1 amide bonds. The molecule has 0 bridgehead atoms. The monoisotopic (exact) mass is 360 g/mol. The maximum Gasteiger partial charge on any atom is 0.255 e. The number of carbonyl (C=O) groups is 1. The molecule has 0 aliphatic carbocycles. The van der Waals surface area contributed by atoms with Crippen LogP contribution in [0.3, 0.4) is 0 Å². The van der Waals surface area contributed by atoms with E-state index in [2.05, 4.69) is 20.5 Å². The van der Waals surface area contributed by atoms with Gasteiger partial charge in [0.2, 0.25) is 0 Å². The first-order valence-corrected chi connectivity index (χ1v) is 8.03. The van der Waals surface area contributed by atoms with E-state index in [1.807, 2.05) is 12.1 Å². The normalized spacial score (nSPS) is 20.3. The summed E-state index contributed by atoms with van der Waals surface area (Å²) < 4.78 is 0. The van der Waals surface area contributed by atoms with Crippen LogP contribution in [0.4, 0.5) is 5.82 Å². The molecule has 1 unspecified atom stereocenters. The predicted molar refractivity (Wildman–Crippen MR) is 98.1 cm³/mol. The van der Waals surface area contributed by atoms with Gasteiger partial charge in [0.1, 0.15) is 5.82 Å². The van der Waals surface area contributed by atoms with Gasteiger partial charge in [0, 0.05) is 25.8 Å². The molecule has 0 spiro atoms. The third-order valence-electron chi connectivity index (χ3n) is 4.39. The van der Waals surface area contributed by atoms with Gasteiger partial charge in [-0.25, -0.2) is 4.98 Å². The Morgan fingerprint density at radius 2 is 2.09 bits per heavy atom. The Morgan fingerprint density at radius 3 is 2.78 bits per heavy atom. The van der Waals surface area contributed by atoms with Crippen molar-refractivity contribution in [3.05, 3.63) is 23.9 Å². The summed E-state index contributed by atoms with van der Waals surface area (Å²) in [6.07, 6.45) is 6.54. The van der Waals surface area contributed by atoms with E-state index in [4.69, 9.17) is 0 Å². The zero-order chi connectivity index (χ0) is 14.5. The Bertz CT molecular complexity index is 489. The van der Waals surface area contributed by atoms with E-state index in [9.17, 15) is 4.79 Å². The number of nitrogens with one attached hydrogen (secondary N) is 2. The van der Waals surface area contributed by atoms with Crippen molar-refractivity contribution in [1.82, 2.24) is 15.6 Å². The number of piperidine rings is 1. The third-order valence-corrected chi connectivity index (χ3v) is 4.39. The number of pyridine rings is 1. The predicted octanol–water partition coefficient (Wildman–Crippen LogP) is 2.25. The number of anilines is 1. The molecule has 0 saturated carbocycles. The molecule has 2 N–H and O–H groups in total. The molecular formula is C16H26Cl2N4O. The Kier molecular flexibility index (Phi) is 8.66. The van der Waals surface area contributed by atoms with Crippen molar-refractivity contribution in [2.45, 2.75) is 25.7 Å². The lowest BCUT2D eigenvalue weighted by atomic mass is 10.00. The first-order chi connectivity index (χ1) is 10.3. The second kappa shape index (κ2) is 9.96. The molecule has 1 atom stereocenters. The molecule has 2 saturated heterocycles. The number of hydrogen-bond donors (Lipinski definition) is 2. The SMILES string of the molecule is Cl.Cl.O=C(NCC1CCCNC1)c1cccnc1N1CCCC1. The van der Waals surface area contributed by atoms with Crippen LogP contribution in [0.2, 0.25) is 0 Å². The molecule has 7 heteroatoms. The number of amides is 1. The van der Waals surface area contributed by atoms with Gasteiger partial charge in [-0.1, -0.05) is 0 Å². The Labute approximate surface area is 150 Å². The van der Waals surface area contributed by atoms with Crippen molar-refractivity contribution >= 4 is 36.5 Å². The van der Waals surface area contributed by atoms with E-state index in [-0.39, 0.29) is 30.7 Å². The lowest BCUT2D eigenvalue weighted by Crippen LogP contribution is -2.38. The topological polar surface area (TPSA) is 57.3 Å². The molecule has 2 aliphatic heterocycles. The van der Waals surface area contributed by atoms with E-state index >= 15 is 0 Å². The highest BCUT2D eigenvalue weighted by molar-refractivity contribution is 5.98. The molecule has 3 rings (SSSR count). The molecule has 3 heterocycles. The van der Waals surface area contributed by atoms with Crippen LogP contribution < -0.4 is 15.5 Å². The molecule has 1 aromatic rings. The van der Waals surface area contributed by atoms with Gasteiger partial charge in [-0.2, -0.15) is 0 Å². The number of nitrogens with zero attached hydrogens (tertiary/aromatic N) is 2. The molecule has 23 heavy (non-hydrogen) atoms. The van der Waals surface area contributed by atoms with Gasteiger partial charge in [-0.3, -0.25) is 4.79 Å². The molecule has 0 aromatic carbocycles. The average Bonchev–Trinajstić information content (AvgIpc) is 3.08. The maximum atomic E-state index is 12.5. The van der Waals surface area contributed by atoms with Gasteiger partial charge < -0.3 is 15.5 Å². The van der Waals surface area contributed by atoms with Crippen LogP contribution >= 0.6 is 24.8 Å². The highest BCUT2D eigenvalue weighted by Gasteiger charge is 2.21. The van der Waals surface area contributed by atoms with Crippen LogP contribution in [0.25, 0.3) is 0 Å². The van der Waals surface area contributed by atoms with E-state index in [0.717, 1.165) is 38.5 Å². The van der Waals surface area contributed by atoms with Gasteiger partial charge in [-0.05, 0) is 56.8 Å². The number of aromatic nitrogens is 1. The average molecular weight is 361 g/mol. The summed E-state index contributed by atoms with van der Waals surface area (Å²) >= 11 is 0. The van der Waals surface area contributed by atoms with Crippen LogP contribution in [0, 0.1) is 5.92 Å². The standard InChI is InChI=1S/C16H24N4O.2ClH/c21-16(19-12-13-5-3-7-17-11-13)14-6-4-8-18-15(14)20-9-1-2-10-20;;/h4,6,8,13,17H,1-3,5,7,9-12H2,(H,19,21);2*1H. The van der Waals surface area contributed by atoms with E-state index < -0.39 is 0 Å². The second-order valence-electron chi connectivity index (χ2n) is 5.99. The Hall–Kier alpha value is -1.04. The summed E-state index contributed by atoms with van der Waals surface area (Å²) in [6.45, 7) is 4.87. The van der Waals surface area contributed by atoms with E-state index in [1.54, 1.807) is 6.20 Å². The molecule has 1 aromatic heterocycles. The van der Waals surface area contributed by atoms with Crippen LogP contribution in [-0.4, -0.2) is 43.6 Å². The summed E-state index contributed by atoms with van der Waals surface area (Å²) in [5.74, 6) is 1.40. The van der Waals surface area contributed by atoms with Crippen molar-refractivity contribution in [2.24, 2.45) is 5.92 Å². The first kappa shape index (κ1) is 20.0. The molecule has 0 radical (unpaired) electrons. The summed E-state index contributed by atoms with van der Waals surface area (Å²) in [5, 5.41) is 6.47. The molecule has 5 nitrogen and oxygen atoms in total. The fraction of sp³-hybridized carbons (Fsp3) is 0.625. The highest BCUT2D eigenvalue weighted by atomic mass is 35.5. The number of carbonyl (C=O) groups excluding carboxylic acids is 1. The van der Waals surface area contributed by atoms with Crippen molar-refractivity contribution in [3.8, 4) is 0 Å². The number of halogens is 2. The van der Waals surface area contributed by atoms with E-state index in [1.165, 1.54) is 25.7 Å². The third kappa shape index (κ3) is 5.23. The summed E-state index contributed by atoms with van der Waals surface area (Å²) in [4.78, 5) is 19.1. The summed E-state index contributed by atoms with van der Waals surface area (Å²) in [6, 6.07) is 3.73. The van der Waals surface area contributed by atoms with Crippen LogP contribution in [0.1, 0.15) is 36.0 Å². The fourth-order valence-electron chi connectivity index (χ4n) is 3.19. The van der Waals surface area contributed by atoms with Crippen LogP contribution in [-0.2, 0) is 0 Å². The molecule has 130 valence electrons. The largest absolute Gasteiger partial charge is 0.356 e. The van der Waals surface area contributed by atoms with E-state index in [0.29, 0.717) is 11.5 Å². The smallest absolute Gasteiger partial charge is 0.255 e. The number of hydrogen-bond acceptors (Lipinski definition) is 4. The quantitative estimate of drug-likeness (QED) is 0.864. The van der Waals surface area contributed by atoms with Crippen LogP contribution in [0.5, 0.6) is 0 Å². The number of rotatable bonds is 4. The van der Waals surface area contributed by atoms with Gasteiger partial charge in [0.05, 0.1) is 5.56 Å². The molecule has 2 fully saturated rings. The lowest BCUT2D eigenvalue weighted by molar-refractivity contribution is 0.0945. The Balaban J connectivity index is 0.00000132. The molecule has 2 aliphatic rings. The first-order valence-electron chi connectivity index (χ1n) is 8.03. The zero-order valence-corrected chi connectivity index (χ0v) is 14.9. The fourth-order valence-corrected chi connectivity index (χ4v) is 3.19. The van der Waals surface area contributed by atoms with Crippen molar-refractivity contribution in [3.63, 3.8) is 0 Å². The second-order valence-corrected chi connectivity index (χ2v) is 5.99. The summed E-state index contributed by atoms with van der Waals surface area (Å²) in [5.41, 5.74) is 0.711. The highest BCUT2D eigenvalue weighted by Crippen LogP contribution is 2.21.